The van der Waals surface area contributed by atoms with Crippen molar-refractivity contribution in [3.05, 3.63) is 65.2 Å². The maximum Gasteiger partial charge on any atom is 0.184 e. The van der Waals surface area contributed by atoms with Gasteiger partial charge in [-0.15, -0.1) is 0 Å². The van der Waals surface area contributed by atoms with Gasteiger partial charge in [-0.25, -0.2) is 8.42 Å². The summed E-state index contributed by atoms with van der Waals surface area (Å²) in [6.07, 6.45) is 0.873. The molecular formula is C20H18N2O2S. The van der Waals surface area contributed by atoms with Gasteiger partial charge in [0.25, 0.3) is 0 Å². The summed E-state index contributed by atoms with van der Waals surface area (Å²) in [6, 6.07) is 18.0. The Balaban J connectivity index is 2.06. The van der Waals surface area contributed by atoms with Crippen LogP contribution in [-0.4, -0.2) is 13.7 Å². The average molecular weight is 350 g/mol. The van der Waals surface area contributed by atoms with Gasteiger partial charge in [-0.05, 0) is 36.6 Å². The van der Waals surface area contributed by atoms with Crippen molar-refractivity contribution >= 4 is 9.84 Å². The van der Waals surface area contributed by atoms with Crippen molar-refractivity contribution in [2.75, 3.05) is 0 Å². The van der Waals surface area contributed by atoms with E-state index in [0.29, 0.717) is 0 Å². The lowest BCUT2D eigenvalue weighted by Crippen LogP contribution is -2.14. The van der Waals surface area contributed by atoms with Crippen molar-refractivity contribution in [3.8, 4) is 12.1 Å². The van der Waals surface area contributed by atoms with Crippen molar-refractivity contribution in [1.82, 2.24) is 0 Å². The van der Waals surface area contributed by atoms with Crippen LogP contribution in [0.25, 0.3) is 0 Å². The normalized spacial score (nSPS) is 21.1. The number of nitriles is 2. The van der Waals surface area contributed by atoms with Gasteiger partial charge in [0, 0.05) is 5.92 Å². The van der Waals surface area contributed by atoms with Gasteiger partial charge in [0.05, 0.1) is 17.0 Å². The van der Waals surface area contributed by atoms with E-state index < -0.39 is 26.4 Å². The number of rotatable bonds is 4. The number of hydrogen-bond donors (Lipinski definition) is 0. The van der Waals surface area contributed by atoms with Crippen molar-refractivity contribution in [1.29, 1.82) is 10.5 Å². The van der Waals surface area contributed by atoms with E-state index in [1.54, 1.807) is 24.3 Å². The largest absolute Gasteiger partial charge is 0.223 e. The first-order chi connectivity index (χ1) is 11.9. The number of nitrogens with zero attached hydrogens (tertiary/aromatic N) is 2. The lowest BCUT2D eigenvalue weighted by atomic mass is 10.0. The molecule has 1 saturated carbocycles. The smallest absolute Gasteiger partial charge is 0.184 e. The maximum atomic E-state index is 13.0. The summed E-state index contributed by atoms with van der Waals surface area (Å²) < 4.78 is 26.1. The first-order valence-electron chi connectivity index (χ1n) is 8.12. The highest BCUT2D eigenvalue weighted by molar-refractivity contribution is 7.92. The Morgan fingerprint density at radius 3 is 2.04 bits per heavy atom. The second-order valence-corrected chi connectivity index (χ2v) is 8.51. The molecule has 0 radical (unpaired) electrons. The van der Waals surface area contributed by atoms with Crippen LogP contribution < -0.4 is 0 Å². The fourth-order valence-electron chi connectivity index (χ4n) is 3.34. The predicted octanol–water partition coefficient (Wildman–Crippen LogP) is 3.53. The van der Waals surface area contributed by atoms with E-state index in [2.05, 4.69) is 0 Å². The van der Waals surface area contributed by atoms with Crippen LogP contribution in [-0.2, 0) is 16.3 Å². The van der Waals surface area contributed by atoms with Crippen LogP contribution in [0.4, 0.5) is 0 Å². The van der Waals surface area contributed by atoms with Crippen molar-refractivity contribution in [2.24, 2.45) is 5.41 Å². The second kappa shape index (κ2) is 6.02. The standard InChI is InChI=1S/C20H18N2O2S/c1-3-15-6-8-16(9-7-15)18-19(20(18,12-21)13-22)25(23,24)17-10-4-14(2)5-11-17/h4-11,18-19H,3H2,1-2H3/t18-,19+/m1/s1. The highest BCUT2D eigenvalue weighted by atomic mass is 32.2. The monoisotopic (exact) mass is 350 g/mol. The Hall–Kier alpha value is -2.63. The fraction of sp³-hybridized carbons (Fsp3) is 0.300. The summed E-state index contributed by atoms with van der Waals surface area (Å²) in [4.78, 5) is 0.158. The second-order valence-electron chi connectivity index (χ2n) is 6.44. The lowest BCUT2D eigenvalue weighted by molar-refractivity contribution is 0.591. The third-order valence-electron chi connectivity index (χ3n) is 4.93. The quantitative estimate of drug-likeness (QED) is 0.844. The summed E-state index contributed by atoms with van der Waals surface area (Å²) in [5.74, 6) is -0.625. The van der Waals surface area contributed by atoms with Gasteiger partial charge in [-0.1, -0.05) is 48.9 Å². The molecule has 5 heteroatoms. The average Bonchev–Trinajstić information content (AvgIpc) is 3.33. The van der Waals surface area contributed by atoms with E-state index in [4.69, 9.17) is 0 Å². The van der Waals surface area contributed by atoms with E-state index in [9.17, 15) is 18.9 Å². The van der Waals surface area contributed by atoms with E-state index in [0.717, 1.165) is 23.1 Å². The molecule has 0 spiro atoms. The van der Waals surface area contributed by atoms with Crippen LogP contribution in [0, 0.1) is 35.0 Å². The van der Waals surface area contributed by atoms with Gasteiger partial charge < -0.3 is 0 Å². The molecule has 0 N–H and O–H groups in total. The maximum absolute atomic E-state index is 13.0. The Bertz CT molecular complexity index is 964. The van der Waals surface area contributed by atoms with E-state index in [1.165, 1.54) is 0 Å². The minimum Gasteiger partial charge on any atom is -0.223 e. The Kier molecular flexibility index (Phi) is 4.14. The van der Waals surface area contributed by atoms with Gasteiger partial charge in [0.2, 0.25) is 0 Å². The number of sulfone groups is 1. The predicted molar refractivity (Wildman–Crippen MR) is 94.4 cm³/mol. The van der Waals surface area contributed by atoms with Crippen LogP contribution in [0.3, 0.4) is 0 Å². The third kappa shape index (κ3) is 2.62. The molecule has 1 aliphatic rings. The van der Waals surface area contributed by atoms with Crippen LogP contribution >= 0.6 is 0 Å². The van der Waals surface area contributed by atoms with Crippen molar-refractivity contribution < 1.29 is 8.42 Å². The molecule has 0 aromatic heterocycles. The molecule has 25 heavy (non-hydrogen) atoms. The summed E-state index contributed by atoms with van der Waals surface area (Å²) in [7, 11) is -3.77. The zero-order valence-corrected chi connectivity index (χ0v) is 14.9. The molecule has 3 rings (SSSR count). The SMILES string of the molecule is CCc1ccc([C@@H]2[C@H](S(=O)(=O)c3ccc(C)cc3)C2(C#N)C#N)cc1. The molecule has 2 aromatic rings. The van der Waals surface area contributed by atoms with Gasteiger partial charge in [0.15, 0.2) is 15.3 Å². The first-order valence-corrected chi connectivity index (χ1v) is 9.67. The minimum atomic E-state index is -3.77. The van der Waals surface area contributed by atoms with E-state index in [1.807, 2.05) is 50.3 Å². The van der Waals surface area contributed by atoms with Crippen LogP contribution in [0.15, 0.2) is 53.4 Å². The van der Waals surface area contributed by atoms with Crippen molar-refractivity contribution in [2.45, 2.75) is 36.3 Å². The summed E-state index contributed by atoms with van der Waals surface area (Å²) >= 11 is 0. The molecule has 0 bridgehead atoms. The molecule has 0 aliphatic heterocycles. The number of aryl methyl sites for hydroxylation is 2. The molecule has 2 aromatic carbocycles. The number of benzene rings is 2. The van der Waals surface area contributed by atoms with Gasteiger partial charge >= 0.3 is 0 Å². The molecule has 1 aliphatic carbocycles. The van der Waals surface area contributed by atoms with E-state index >= 15 is 0 Å². The third-order valence-corrected chi connectivity index (χ3v) is 7.18. The van der Waals surface area contributed by atoms with Gasteiger partial charge in [0.1, 0.15) is 5.25 Å². The summed E-state index contributed by atoms with van der Waals surface area (Å²) in [6.45, 7) is 3.91. The van der Waals surface area contributed by atoms with Crippen molar-refractivity contribution in [3.63, 3.8) is 0 Å². The zero-order chi connectivity index (χ0) is 18.2. The molecule has 0 unspecified atom stereocenters. The Labute approximate surface area is 148 Å². The zero-order valence-electron chi connectivity index (χ0n) is 14.1. The minimum absolute atomic E-state index is 0.158. The molecule has 126 valence electrons. The molecule has 1 fully saturated rings. The van der Waals surface area contributed by atoms with Gasteiger partial charge in [-0.2, -0.15) is 10.5 Å². The van der Waals surface area contributed by atoms with Crippen LogP contribution in [0.5, 0.6) is 0 Å². The van der Waals surface area contributed by atoms with Gasteiger partial charge in [-0.3, -0.25) is 0 Å². The topological polar surface area (TPSA) is 81.7 Å². The number of hydrogen-bond acceptors (Lipinski definition) is 4. The van der Waals surface area contributed by atoms with Crippen LogP contribution in [0.1, 0.15) is 29.5 Å². The molecular weight excluding hydrogens is 332 g/mol. The Morgan fingerprint density at radius 1 is 1.00 bits per heavy atom. The fourth-order valence-corrected chi connectivity index (χ4v) is 5.55. The summed E-state index contributed by atoms with van der Waals surface area (Å²) in [5.41, 5.74) is 1.27. The highest BCUT2D eigenvalue weighted by Crippen LogP contribution is 2.63. The molecule has 2 atom stereocenters. The molecule has 0 saturated heterocycles. The lowest BCUT2D eigenvalue weighted by Gasteiger charge is -2.05. The van der Waals surface area contributed by atoms with Crippen LogP contribution in [0.2, 0.25) is 0 Å². The molecule has 0 heterocycles. The highest BCUT2D eigenvalue weighted by Gasteiger charge is 2.73. The Morgan fingerprint density at radius 2 is 1.56 bits per heavy atom. The first kappa shape index (κ1) is 17.2. The molecule has 4 nitrogen and oxygen atoms in total. The van der Waals surface area contributed by atoms with E-state index in [-0.39, 0.29) is 4.90 Å². The summed E-state index contributed by atoms with van der Waals surface area (Å²) in [5, 5.41) is 18.1. The molecule has 0 amide bonds.